The second kappa shape index (κ2) is 7.18. The molecule has 1 fully saturated rings. The number of hydrogen-bond donors (Lipinski definition) is 1. The summed E-state index contributed by atoms with van der Waals surface area (Å²) in [7, 11) is 0. The van der Waals surface area contributed by atoms with Gasteiger partial charge in [-0.2, -0.15) is 0 Å². The van der Waals surface area contributed by atoms with E-state index in [-0.39, 0.29) is 11.6 Å². The molecule has 2 heterocycles. The summed E-state index contributed by atoms with van der Waals surface area (Å²) in [5.74, 6) is -0.137. The summed E-state index contributed by atoms with van der Waals surface area (Å²) in [5.41, 5.74) is 1.56. The first kappa shape index (κ1) is 16.1. The number of quaternary nitrogens is 1. The Morgan fingerprint density at radius 3 is 2.58 bits per heavy atom. The zero-order valence-electron chi connectivity index (χ0n) is 13.2. The van der Waals surface area contributed by atoms with Gasteiger partial charge in [0.1, 0.15) is 6.54 Å². The molecule has 124 valence electrons. The zero-order chi connectivity index (χ0) is 16.9. The van der Waals surface area contributed by atoms with E-state index in [2.05, 4.69) is 4.98 Å². The van der Waals surface area contributed by atoms with E-state index in [1.54, 1.807) is 29.4 Å². The summed E-state index contributed by atoms with van der Waals surface area (Å²) in [6.07, 6.45) is 3.58. The molecular weight excluding hydrogens is 308 g/mol. The Hall–Kier alpha value is -2.80. The minimum atomic E-state index is -0.479. The van der Waals surface area contributed by atoms with Crippen LogP contribution >= 0.6 is 0 Å². The minimum Gasteiger partial charge on any atom is -0.328 e. The van der Waals surface area contributed by atoms with E-state index in [9.17, 15) is 14.9 Å². The number of aromatic nitrogens is 1. The van der Waals surface area contributed by atoms with Crippen LogP contribution in [0.15, 0.2) is 48.8 Å². The Morgan fingerprint density at radius 1 is 1.21 bits per heavy atom. The van der Waals surface area contributed by atoms with Crippen molar-refractivity contribution in [1.82, 2.24) is 9.88 Å². The molecule has 7 heteroatoms. The normalized spacial score (nSPS) is 15.2. The number of amides is 1. The van der Waals surface area contributed by atoms with E-state index in [0.717, 1.165) is 19.6 Å². The maximum Gasteiger partial charge on any atom is 0.270 e. The number of benzene rings is 1. The lowest BCUT2D eigenvalue weighted by Crippen LogP contribution is -3.13. The van der Waals surface area contributed by atoms with Crippen molar-refractivity contribution in [2.45, 2.75) is 6.54 Å². The summed E-state index contributed by atoms with van der Waals surface area (Å²) in [6, 6.07) is 9.94. The van der Waals surface area contributed by atoms with Gasteiger partial charge in [0.2, 0.25) is 0 Å². The maximum atomic E-state index is 12.5. The molecule has 0 radical (unpaired) electrons. The number of hydrogen-bond acceptors (Lipinski definition) is 4. The van der Waals surface area contributed by atoms with Crippen LogP contribution in [0.3, 0.4) is 0 Å². The van der Waals surface area contributed by atoms with Gasteiger partial charge < -0.3 is 9.80 Å². The highest BCUT2D eigenvalue weighted by atomic mass is 16.6. The number of nitro benzene ring substituents is 1. The summed E-state index contributed by atoms with van der Waals surface area (Å²) in [6.45, 7) is 3.96. The van der Waals surface area contributed by atoms with Crippen molar-refractivity contribution < 1.29 is 14.6 Å². The topological polar surface area (TPSA) is 80.8 Å². The van der Waals surface area contributed by atoms with Gasteiger partial charge in [-0.25, -0.2) is 0 Å². The van der Waals surface area contributed by atoms with E-state index in [0.29, 0.717) is 18.7 Å². The van der Waals surface area contributed by atoms with Crippen LogP contribution in [-0.2, 0) is 6.54 Å². The Balaban J connectivity index is 1.59. The van der Waals surface area contributed by atoms with Crippen molar-refractivity contribution >= 4 is 11.6 Å². The highest BCUT2D eigenvalue weighted by Crippen LogP contribution is 2.15. The summed E-state index contributed by atoms with van der Waals surface area (Å²) < 4.78 is 0. The quantitative estimate of drug-likeness (QED) is 0.656. The fourth-order valence-corrected chi connectivity index (χ4v) is 2.93. The number of carbonyl (C=O) groups excluding carboxylic acids is 1. The molecule has 1 saturated heterocycles. The fraction of sp³-hybridized carbons (Fsp3) is 0.294. The molecule has 24 heavy (non-hydrogen) atoms. The molecule has 0 aliphatic carbocycles. The molecule has 2 aromatic rings. The molecule has 1 aromatic carbocycles. The smallest absolute Gasteiger partial charge is 0.270 e. The molecular formula is C17H19N4O3+. The van der Waals surface area contributed by atoms with Crippen LogP contribution in [0.5, 0.6) is 0 Å². The van der Waals surface area contributed by atoms with Gasteiger partial charge in [0.05, 0.1) is 31.1 Å². The summed E-state index contributed by atoms with van der Waals surface area (Å²) in [5, 5.41) is 10.8. The van der Waals surface area contributed by atoms with Crippen molar-refractivity contribution in [3.63, 3.8) is 0 Å². The highest BCUT2D eigenvalue weighted by molar-refractivity contribution is 5.94. The Kier molecular flexibility index (Phi) is 4.81. The first-order valence-corrected chi connectivity index (χ1v) is 7.89. The van der Waals surface area contributed by atoms with Gasteiger partial charge in [0, 0.05) is 35.7 Å². The fourth-order valence-electron chi connectivity index (χ4n) is 2.93. The number of non-ortho nitro benzene ring substituents is 1. The first-order chi connectivity index (χ1) is 11.6. The molecule has 1 amide bonds. The van der Waals surface area contributed by atoms with Crippen molar-refractivity contribution in [3.05, 3.63) is 70.0 Å². The summed E-state index contributed by atoms with van der Waals surface area (Å²) in [4.78, 5) is 30.1. The average Bonchev–Trinajstić information content (AvgIpc) is 2.63. The summed E-state index contributed by atoms with van der Waals surface area (Å²) >= 11 is 0. The Labute approximate surface area is 139 Å². The number of nitrogens with one attached hydrogen (secondary N) is 1. The largest absolute Gasteiger partial charge is 0.328 e. The van der Waals surface area contributed by atoms with Gasteiger partial charge in [-0.3, -0.25) is 19.9 Å². The number of pyridine rings is 1. The third-order valence-corrected chi connectivity index (χ3v) is 4.27. The standard InChI is InChI=1S/C17H18N4O3/c22-17(15-2-1-3-16(12-15)21(23)24)20-10-8-19(9-11-20)13-14-4-6-18-7-5-14/h1-7,12H,8-11,13H2/p+1. The van der Waals surface area contributed by atoms with Crippen LogP contribution in [0.2, 0.25) is 0 Å². The molecule has 3 rings (SSSR count). The minimum absolute atomic E-state index is 0.0530. The third kappa shape index (κ3) is 3.75. The zero-order valence-corrected chi connectivity index (χ0v) is 13.2. The van der Waals surface area contributed by atoms with Gasteiger partial charge in [-0.05, 0) is 18.2 Å². The van der Waals surface area contributed by atoms with Gasteiger partial charge in [0.15, 0.2) is 0 Å². The molecule has 1 aliphatic heterocycles. The highest BCUT2D eigenvalue weighted by Gasteiger charge is 2.25. The Morgan fingerprint density at radius 2 is 1.92 bits per heavy atom. The number of nitro groups is 1. The predicted molar refractivity (Wildman–Crippen MR) is 87.6 cm³/mol. The van der Waals surface area contributed by atoms with E-state index in [4.69, 9.17) is 0 Å². The Bertz CT molecular complexity index is 728. The van der Waals surface area contributed by atoms with Gasteiger partial charge >= 0.3 is 0 Å². The van der Waals surface area contributed by atoms with Crippen LogP contribution < -0.4 is 4.90 Å². The van der Waals surface area contributed by atoms with Crippen LogP contribution in [-0.4, -0.2) is 46.9 Å². The number of piperazine rings is 1. The van der Waals surface area contributed by atoms with Crippen molar-refractivity contribution in [2.75, 3.05) is 26.2 Å². The molecule has 1 N–H and O–H groups in total. The van der Waals surface area contributed by atoms with Crippen molar-refractivity contribution in [2.24, 2.45) is 0 Å². The number of nitrogens with zero attached hydrogens (tertiary/aromatic N) is 3. The van der Waals surface area contributed by atoms with E-state index < -0.39 is 4.92 Å². The molecule has 7 nitrogen and oxygen atoms in total. The third-order valence-electron chi connectivity index (χ3n) is 4.27. The lowest BCUT2D eigenvalue weighted by molar-refractivity contribution is -0.917. The van der Waals surface area contributed by atoms with Crippen molar-refractivity contribution in [3.8, 4) is 0 Å². The second-order valence-electron chi connectivity index (χ2n) is 5.88. The van der Waals surface area contributed by atoms with E-state index >= 15 is 0 Å². The average molecular weight is 327 g/mol. The van der Waals surface area contributed by atoms with Gasteiger partial charge in [0.25, 0.3) is 11.6 Å². The first-order valence-electron chi connectivity index (χ1n) is 7.89. The lowest BCUT2D eigenvalue weighted by atomic mass is 10.1. The number of carbonyl (C=O) groups is 1. The molecule has 0 bridgehead atoms. The monoisotopic (exact) mass is 327 g/mol. The molecule has 0 spiro atoms. The van der Waals surface area contributed by atoms with Crippen LogP contribution in [0, 0.1) is 10.1 Å². The molecule has 1 aliphatic rings. The second-order valence-corrected chi connectivity index (χ2v) is 5.88. The molecule has 1 aromatic heterocycles. The molecule has 0 unspecified atom stereocenters. The lowest BCUT2D eigenvalue weighted by Gasteiger charge is -2.32. The van der Waals surface area contributed by atoms with Crippen LogP contribution in [0.4, 0.5) is 5.69 Å². The van der Waals surface area contributed by atoms with E-state index in [1.807, 2.05) is 12.1 Å². The van der Waals surface area contributed by atoms with Crippen LogP contribution in [0.1, 0.15) is 15.9 Å². The van der Waals surface area contributed by atoms with Crippen molar-refractivity contribution in [1.29, 1.82) is 0 Å². The SMILES string of the molecule is O=C(c1cccc([N+](=O)[O-])c1)N1CC[NH+](Cc2ccncc2)CC1. The van der Waals surface area contributed by atoms with Gasteiger partial charge in [-0.1, -0.05) is 6.07 Å². The van der Waals surface area contributed by atoms with Gasteiger partial charge in [-0.15, -0.1) is 0 Å². The number of rotatable bonds is 4. The van der Waals surface area contributed by atoms with E-state index in [1.165, 1.54) is 22.6 Å². The molecule has 0 saturated carbocycles. The molecule has 0 atom stereocenters. The maximum absolute atomic E-state index is 12.5. The van der Waals surface area contributed by atoms with Crippen LogP contribution in [0.25, 0.3) is 0 Å². The predicted octanol–water partition coefficient (Wildman–Crippen LogP) is 0.531.